The van der Waals surface area contributed by atoms with Crippen molar-refractivity contribution in [1.29, 1.82) is 0 Å². The van der Waals surface area contributed by atoms with E-state index in [0.717, 1.165) is 13.0 Å². The number of nitrogens with zero attached hydrogens (tertiary/aromatic N) is 1. The van der Waals surface area contributed by atoms with Crippen LogP contribution in [0.1, 0.15) is 52.9 Å². The van der Waals surface area contributed by atoms with Gasteiger partial charge in [-0.05, 0) is 58.4 Å². The molecule has 0 spiro atoms. The van der Waals surface area contributed by atoms with E-state index < -0.39 is 0 Å². The highest BCUT2D eigenvalue weighted by Crippen LogP contribution is 2.25. The van der Waals surface area contributed by atoms with Crippen LogP contribution in [0.3, 0.4) is 0 Å². The molecule has 1 N–H and O–H groups in total. The molecule has 0 aromatic carbocycles. The molecule has 2 aliphatic heterocycles. The van der Waals surface area contributed by atoms with Gasteiger partial charge in [0.1, 0.15) is 0 Å². The molecule has 0 saturated carbocycles. The highest BCUT2D eigenvalue weighted by atomic mass is 16.2. The summed E-state index contributed by atoms with van der Waals surface area (Å²) in [5.41, 5.74) is 0. The number of hydrogen-bond donors (Lipinski definition) is 1. The first-order valence-electron chi connectivity index (χ1n) is 7.15. The Bertz CT molecular complexity index is 269. The summed E-state index contributed by atoms with van der Waals surface area (Å²) in [5, 5.41) is 3.40. The van der Waals surface area contributed by atoms with Crippen molar-refractivity contribution in [2.45, 2.75) is 71.0 Å². The molecule has 2 aliphatic rings. The van der Waals surface area contributed by atoms with E-state index in [0.29, 0.717) is 23.9 Å². The lowest BCUT2D eigenvalue weighted by molar-refractivity contribution is -0.140. The number of carbonyl (C=O) groups excluding carboxylic acids is 1. The molecule has 4 unspecified atom stereocenters. The lowest BCUT2D eigenvalue weighted by atomic mass is 9.91. The Morgan fingerprint density at radius 1 is 1.12 bits per heavy atom. The van der Waals surface area contributed by atoms with E-state index in [1.54, 1.807) is 0 Å². The molecule has 3 nitrogen and oxygen atoms in total. The Hall–Kier alpha value is -0.570. The topological polar surface area (TPSA) is 32.3 Å². The second kappa shape index (κ2) is 5.38. The average Bonchev–Trinajstić information content (AvgIpc) is 2.28. The molecule has 0 bridgehead atoms. The summed E-state index contributed by atoms with van der Waals surface area (Å²) in [6, 6.07) is 0.914. The van der Waals surface area contributed by atoms with Crippen molar-refractivity contribution in [3.05, 3.63) is 0 Å². The monoisotopic (exact) mass is 238 g/mol. The number of rotatable bonds is 1. The van der Waals surface area contributed by atoms with Gasteiger partial charge < -0.3 is 10.2 Å². The third-order valence-electron chi connectivity index (χ3n) is 4.41. The van der Waals surface area contributed by atoms with Gasteiger partial charge >= 0.3 is 0 Å². The van der Waals surface area contributed by atoms with Crippen molar-refractivity contribution in [3.8, 4) is 0 Å². The number of carbonyl (C=O) groups is 1. The van der Waals surface area contributed by atoms with Crippen LogP contribution in [-0.4, -0.2) is 35.5 Å². The molecule has 0 radical (unpaired) electrons. The summed E-state index contributed by atoms with van der Waals surface area (Å²) < 4.78 is 0. The number of amides is 1. The van der Waals surface area contributed by atoms with Crippen molar-refractivity contribution in [2.24, 2.45) is 5.92 Å². The van der Waals surface area contributed by atoms with Crippen LogP contribution in [0.25, 0.3) is 0 Å². The number of likely N-dealkylation sites (tertiary alicyclic amines) is 1. The van der Waals surface area contributed by atoms with Crippen LogP contribution in [-0.2, 0) is 4.79 Å². The highest BCUT2D eigenvalue weighted by molar-refractivity contribution is 5.82. The Morgan fingerprint density at radius 3 is 2.35 bits per heavy atom. The molecule has 4 atom stereocenters. The average molecular weight is 238 g/mol. The van der Waals surface area contributed by atoms with Gasteiger partial charge in [0.2, 0.25) is 5.91 Å². The van der Waals surface area contributed by atoms with Crippen LogP contribution in [0.4, 0.5) is 0 Å². The van der Waals surface area contributed by atoms with Gasteiger partial charge in [0.05, 0.1) is 6.04 Å². The van der Waals surface area contributed by atoms with E-state index in [4.69, 9.17) is 0 Å². The summed E-state index contributed by atoms with van der Waals surface area (Å²) >= 11 is 0. The van der Waals surface area contributed by atoms with Gasteiger partial charge in [-0.15, -0.1) is 0 Å². The summed E-state index contributed by atoms with van der Waals surface area (Å²) in [6.07, 6.45) is 5.81. The number of nitrogens with one attached hydrogen (secondary N) is 1. The van der Waals surface area contributed by atoms with E-state index in [9.17, 15) is 4.79 Å². The zero-order chi connectivity index (χ0) is 12.4. The minimum Gasteiger partial charge on any atom is -0.336 e. The molecule has 98 valence electrons. The molecule has 1 amide bonds. The van der Waals surface area contributed by atoms with E-state index in [-0.39, 0.29) is 6.04 Å². The second-order valence-corrected chi connectivity index (χ2v) is 6.01. The van der Waals surface area contributed by atoms with Crippen LogP contribution >= 0.6 is 0 Å². The third-order valence-corrected chi connectivity index (χ3v) is 4.41. The summed E-state index contributed by atoms with van der Waals surface area (Å²) in [4.78, 5) is 14.7. The number of hydrogen-bond acceptors (Lipinski definition) is 2. The zero-order valence-electron chi connectivity index (χ0n) is 11.4. The molecule has 2 fully saturated rings. The summed E-state index contributed by atoms with van der Waals surface area (Å²) in [6.45, 7) is 7.64. The minimum atomic E-state index is 0.0711. The third kappa shape index (κ3) is 2.82. The quantitative estimate of drug-likeness (QED) is 0.759. The molecule has 3 heteroatoms. The molecule has 2 saturated heterocycles. The molecular formula is C14H26N2O. The molecule has 2 rings (SSSR count). The van der Waals surface area contributed by atoms with Gasteiger partial charge in [0.25, 0.3) is 0 Å². The number of piperidine rings is 2. The van der Waals surface area contributed by atoms with Crippen LogP contribution in [0.15, 0.2) is 0 Å². The van der Waals surface area contributed by atoms with Gasteiger partial charge in [-0.25, -0.2) is 0 Å². The van der Waals surface area contributed by atoms with E-state index in [1.165, 1.54) is 25.7 Å². The van der Waals surface area contributed by atoms with Crippen LogP contribution in [0.2, 0.25) is 0 Å². The standard InChI is InChI=1S/C14H26N2O/c1-10-7-8-15-13(9-10)14(17)16-11(2)5-4-6-12(16)3/h10-13,15H,4-9H2,1-3H3. The van der Waals surface area contributed by atoms with Gasteiger partial charge in [-0.2, -0.15) is 0 Å². The molecule has 0 aromatic heterocycles. The van der Waals surface area contributed by atoms with Crippen molar-refractivity contribution in [3.63, 3.8) is 0 Å². The Kier molecular flexibility index (Phi) is 4.08. The SMILES string of the molecule is CC1CCNC(C(=O)N2C(C)CCCC2C)C1. The summed E-state index contributed by atoms with van der Waals surface area (Å²) in [7, 11) is 0. The van der Waals surface area contributed by atoms with E-state index in [1.807, 2.05) is 0 Å². The van der Waals surface area contributed by atoms with E-state index >= 15 is 0 Å². The molecule has 2 heterocycles. The Morgan fingerprint density at radius 2 is 1.76 bits per heavy atom. The van der Waals surface area contributed by atoms with Gasteiger partial charge in [-0.1, -0.05) is 6.92 Å². The second-order valence-electron chi connectivity index (χ2n) is 6.01. The van der Waals surface area contributed by atoms with Crippen LogP contribution < -0.4 is 5.32 Å². The fraction of sp³-hybridized carbons (Fsp3) is 0.929. The minimum absolute atomic E-state index is 0.0711. The zero-order valence-corrected chi connectivity index (χ0v) is 11.4. The molecule has 17 heavy (non-hydrogen) atoms. The normalized spacial score (nSPS) is 39.1. The first-order chi connectivity index (χ1) is 8.09. The summed E-state index contributed by atoms with van der Waals surface area (Å²) in [5.74, 6) is 1.02. The van der Waals surface area contributed by atoms with Crippen molar-refractivity contribution >= 4 is 5.91 Å². The smallest absolute Gasteiger partial charge is 0.240 e. The maximum Gasteiger partial charge on any atom is 0.240 e. The maximum atomic E-state index is 12.6. The van der Waals surface area contributed by atoms with Gasteiger partial charge in [0, 0.05) is 12.1 Å². The first kappa shape index (κ1) is 12.9. The predicted octanol–water partition coefficient (Wildman–Crippen LogP) is 2.16. The lowest BCUT2D eigenvalue weighted by Crippen LogP contribution is -2.56. The first-order valence-corrected chi connectivity index (χ1v) is 7.15. The maximum absolute atomic E-state index is 12.6. The largest absolute Gasteiger partial charge is 0.336 e. The lowest BCUT2D eigenvalue weighted by Gasteiger charge is -2.42. The highest BCUT2D eigenvalue weighted by Gasteiger charge is 2.34. The molecular weight excluding hydrogens is 212 g/mol. The van der Waals surface area contributed by atoms with Crippen LogP contribution in [0, 0.1) is 5.92 Å². The fourth-order valence-electron chi connectivity index (χ4n) is 3.33. The Labute approximate surface area is 105 Å². The van der Waals surface area contributed by atoms with Crippen molar-refractivity contribution in [2.75, 3.05) is 6.54 Å². The fourth-order valence-corrected chi connectivity index (χ4v) is 3.33. The predicted molar refractivity (Wildman–Crippen MR) is 69.8 cm³/mol. The molecule has 0 aliphatic carbocycles. The molecule has 0 aromatic rings. The van der Waals surface area contributed by atoms with Crippen molar-refractivity contribution in [1.82, 2.24) is 10.2 Å². The van der Waals surface area contributed by atoms with E-state index in [2.05, 4.69) is 31.0 Å². The van der Waals surface area contributed by atoms with Crippen LogP contribution in [0.5, 0.6) is 0 Å². The Balaban J connectivity index is 2.02. The van der Waals surface area contributed by atoms with Gasteiger partial charge in [0.15, 0.2) is 0 Å². The van der Waals surface area contributed by atoms with Crippen molar-refractivity contribution < 1.29 is 4.79 Å². The van der Waals surface area contributed by atoms with Gasteiger partial charge in [-0.3, -0.25) is 4.79 Å².